The van der Waals surface area contributed by atoms with E-state index in [0.717, 1.165) is 26.7 Å². The van der Waals surface area contributed by atoms with Gasteiger partial charge in [-0.15, -0.1) is 0 Å². The molecule has 0 saturated carbocycles. The Labute approximate surface area is 201 Å². The Morgan fingerprint density at radius 3 is 2.52 bits per heavy atom. The minimum Gasteiger partial charge on any atom is -0.490 e. The van der Waals surface area contributed by atoms with Crippen molar-refractivity contribution in [2.75, 3.05) is 6.61 Å². The van der Waals surface area contributed by atoms with Crippen molar-refractivity contribution >= 4 is 33.9 Å². The highest BCUT2D eigenvalue weighted by atomic mass is 79.9. The lowest BCUT2D eigenvalue weighted by Gasteiger charge is -2.15. The van der Waals surface area contributed by atoms with Gasteiger partial charge in [0.1, 0.15) is 6.61 Å². The van der Waals surface area contributed by atoms with Gasteiger partial charge < -0.3 is 14.2 Å². The van der Waals surface area contributed by atoms with Crippen LogP contribution in [0.5, 0.6) is 11.5 Å². The molecule has 4 rings (SSSR count). The van der Waals surface area contributed by atoms with Crippen LogP contribution in [0.4, 0.5) is 0 Å². The van der Waals surface area contributed by atoms with Gasteiger partial charge in [0.2, 0.25) is 5.90 Å². The fraction of sp³-hybridized carbons (Fsp3) is 0.185. The van der Waals surface area contributed by atoms with E-state index in [0.29, 0.717) is 30.6 Å². The molecule has 3 aromatic carbocycles. The zero-order chi connectivity index (χ0) is 23.4. The lowest BCUT2D eigenvalue weighted by molar-refractivity contribution is -0.129. The van der Waals surface area contributed by atoms with Crippen molar-refractivity contribution in [1.82, 2.24) is 0 Å². The van der Waals surface area contributed by atoms with E-state index in [9.17, 15) is 4.79 Å². The Balaban J connectivity index is 1.61. The highest BCUT2D eigenvalue weighted by Gasteiger charge is 2.25. The lowest BCUT2D eigenvalue weighted by atomic mass is 10.1. The van der Waals surface area contributed by atoms with Crippen LogP contribution >= 0.6 is 15.9 Å². The number of rotatable bonds is 7. The van der Waals surface area contributed by atoms with Crippen LogP contribution in [0.15, 0.2) is 75.8 Å². The molecular formula is C27H24BrNO4. The Hall–Kier alpha value is -3.38. The van der Waals surface area contributed by atoms with Crippen LogP contribution in [0, 0.1) is 13.8 Å². The molecule has 1 aliphatic rings. The van der Waals surface area contributed by atoms with Gasteiger partial charge in [-0.05, 0) is 77.7 Å². The van der Waals surface area contributed by atoms with Crippen molar-refractivity contribution in [1.29, 1.82) is 0 Å². The summed E-state index contributed by atoms with van der Waals surface area (Å²) >= 11 is 3.59. The van der Waals surface area contributed by atoms with E-state index in [2.05, 4.69) is 40.0 Å². The second kappa shape index (κ2) is 10.0. The minimum atomic E-state index is -0.484. The molecule has 0 saturated heterocycles. The third-order valence-electron chi connectivity index (χ3n) is 5.13. The predicted molar refractivity (Wildman–Crippen MR) is 133 cm³/mol. The lowest BCUT2D eigenvalue weighted by Crippen LogP contribution is -2.06. The molecule has 33 heavy (non-hydrogen) atoms. The normalized spacial score (nSPS) is 14.2. The van der Waals surface area contributed by atoms with Crippen LogP contribution in [-0.4, -0.2) is 18.5 Å². The Morgan fingerprint density at radius 2 is 1.79 bits per heavy atom. The molecule has 3 aromatic rings. The van der Waals surface area contributed by atoms with Crippen molar-refractivity contribution in [2.24, 2.45) is 4.99 Å². The molecule has 0 bridgehead atoms. The second-order valence-electron chi connectivity index (χ2n) is 7.69. The fourth-order valence-corrected chi connectivity index (χ4v) is 3.98. The molecule has 6 heteroatoms. The number of nitrogens with zero attached hydrogens (tertiary/aromatic N) is 1. The van der Waals surface area contributed by atoms with Crippen molar-refractivity contribution < 1.29 is 19.0 Å². The number of hydrogen-bond donors (Lipinski definition) is 0. The average molecular weight is 506 g/mol. The SMILES string of the molecule is CCOc1cc(/C=C2\N=C(c3ccccc3C)OC2=O)cc(Br)c1OCc1ccc(C)cc1. The maximum atomic E-state index is 12.4. The zero-order valence-electron chi connectivity index (χ0n) is 18.7. The molecule has 0 spiro atoms. The van der Waals surface area contributed by atoms with Crippen LogP contribution in [0.1, 0.15) is 34.7 Å². The smallest absolute Gasteiger partial charge is 0.363 e. The first-order valence-corrected chi connectivity index (χ1v) is 11.5. The first kappa shape index (κ1) is 22.8. The number of carbonyl (C=O) groups is 1. The van der Waals surface area contributed by atoms with Gasteiger partial charge in [-0.25, -0.2) is 9.79 Å². The molecule has 1 aliphatic heterocycles. The van der Waals surface area contributed by atoms with Gasteiger partial charge in [-0.1, -0.05) is 48.0 Å². The fourth-order valence-electron chi connectivity index (χ4n) is 3.41. The van der Waals surface area contributed by atoms with E-state index < -0.39 is 5.97 Å². The van der Waals surface area contributed by atoms with Crippen molar-refractivity contribution in [2.45, 2.75) is 27.4 Å². The van der Waals surface area contributed by atoms with E-state index in [-0.39, 0.29) is 5.70 Å². The Bertz CT molecular complexity index is 1250. The quantitative estimate of drug-likeness (QED) is 0.275. The average Bonchev–Trinajstić information content (AvgIpc) is 3.15. The zero-order valence-corrected chi connectivity index (χ0v) is 20.3. The number of hydrogen-bond acceptors (Lipinski definition) is 5. The van der Waals surface area contributed by atoms with E-state index >= 15 is 0 Å². The summed E-state index contributed by atoms with van der Waals surface area (Å²) in [5, 5.41) is 0. The summed E-state index contributed by atoms with van der Waals surface area (Å²) in [7, 11) is 0. The van der Waals surface area contributed by atoms with Crippen molar-refractivity contribution in [3.05, 3.63) is 98.7 Å². The van der Waals surface area contributed by atoms with Gasteiger partial charge in [-0.3, -0.25) is 0 Å². The molecule has 0 unspecified atom stereocenters. The number of esters is 1. The molecule has 0 aromatic heterocycles. The Morgan fingerprint density at radius 1 is 1.03 bits per heavy atom. The summed E-state index contributed by atoms with van der Waals surface area (Å²) in [6, 6.07) is 19.6. The van der Waals surface area contributed by atoms with Gasteiger partial charge in [0.15, 0.2) is 17.2 Å². The highest BCUT2D eigenvalue weighted by Crippen LogP contribution is 2.38. The summed E-state index contributed by atoms with van der Waals surface area (Å²) < 4.78 is 18.0. The second-order valence-corrected chi connectivity index (χ2v) is 8.54. The van der Waals surface area contributed by atoms with Crippen LogP contribution in [0.25, 0.3) is 6.08 Å². The summed E-state index contributed by atoms with van der Waals surface area (Å²) in [5.74, 6) is 1.02. The van der Waals surface area contributed by atoms with Crippen LogP contribution in [0.3, 0.4) is 0 Å². The van der Waals surface area contributed by atoms with Gasteiger partial charge in [0.05, 0.1) is 11.1 Å². The summed E-state index contributed by atoms with van der Waals surface area (Å²) in [4.78, 5) is 16.9. The number of aryl methyl sites for hydroxylation is 2. The van der Waals surface area contributed by atoms with Crippen molar-refractivity contribution in [3.8, 4) is 11.5 Å². The minimum absolute atomic E-state index is 0.232. The molecule has 0 radical (unpaired) electrons. The topological polar surface area (TPSA) is 57.1 Å². The maximum absolute atomic E-state index is 12.4. The first-order valence-electron chi connectivity index (χ1n) is 10.7. The molecule has 5 nitrogen and oxygen atoms in total. The molecule has 0 amide bonds. The summed E-state index contributed by atoms with van der Waals surface area (Å²) in [5.41, 5.74) is 5.02. The molecule has 0 fully saturated rings. The van der Waals surface area contributed by atoms with Crippen molar-refractivity contribution in [3.63, 3.8) is 0 Å². The molecule has 0 aliphatic carbocycles. The van der Waals surface area contributed by atoms with E-state index in [4.69, 9.17) is 14.2 Å². The number of ether oxygens (including phenoxy) is 3. The van der Waals surface area contributed by atoms with Gasteiger partial charge >= 0.3 is 5.97 Å². The third-order valence-corrected chi connectivity index (χ3v) is 5.72. The van der Waals surface area contributed by atoms with E-state index in [1.54, 1.807) is 6.08 Å². The van der Waals surface area contributed by atoms with E-state index in [1.807, 2.05) is 62.4 Å². The monoisotopic (exact) mass is 505 g/mol. The molecule has 1 heterocycles. The maximum Gasteiger partial charge on any atom is 0.363 e. The molecular weight excluding hydrogens is 482 g/mol. The van der Waals surface area contributed by atoms with Gasteiger partial charge in [-0.2, -0.15) is 0 Å². The van der Waals surface area contributed by atoms with E-state index in [1.165, 1.54) is 5.56 Å². The third kappa shape index (κ3) is 5.34. The number of halogens is 1. The molecule has 0 atom stereocenters. The van der Waals surface area contributed by atoms with Gasteiger partial charge in [0.25, 0.3) is 0 Å². The van der Waals surface area contributed by atoms with Gasteiger partial charge in [0, 0.05) is 5.56 Å². The van der Waals surface area contributed by atoms with Crippen LogP contribution in [0.2, 0.25) is 0 Å². The number of carbonyl (C=O) groups excluding carboxylic acids is 1. The number of aliphatic imine (C=N–C) groups is 1. The summed E-state index contributed by atoms with van der Waals surface area (Å²) in [6.45, 7) is 6.81. The first-order chi connectivity index (χ1) is 15.9. The van der Waals surface area contributed by atoms with Crippen LogP contribution < -0.4 is 9.47 Å². The molecule has 168 valence electrons. The standard InChI is InChI=1S/C27H24BrNO4/c1-4-31-24-15-20(13-22(28)25(24)32-16-19-11-9-17(2)10-12-19)14-23-27(30)33-26(29-23)21-8-6-5-7-18(21)3/h5-15H,4,16H2,1-3H3/b23-14-. The highest BCUT2D eigenvalue weighted by molar-refractivity contribution is 9.10. The number of benzene rings is 3. The number of cyclic esters (lactones) is 1. The van der Waals surface area contributed by atoms with Crippen LogP contribution in [-0.2, 0) is 16.1 Å². The molecule has 0 N–H and O–H groups in total. The largest absolute Gasteiger partial charge is 0.490 e. The Kier molecular flexibility index (Phi) is 6.94. The predicted octanol–water partition coefficient (Wildman–Crippen LogP) is 6.39. The summed E-state index contributed by atoms with van der Waals surface area (Å²) in [6.07, 6.45) is 1.69.